The molecule has 0 radical (unpaired) electrons. The van der Waals surface area contributed by atoms with Crippen LogP contribution in [0.5, 0.6) is 0 Å². The van der Waals surface area contributed by atoms with Gasteiger partial charge in [0, 0.05) is 45.0 Å². The fourth-order valence-electron chi connectivity index (χ4n) is 2.57. The number of aliphatic hydroxyl groups is 1. The predicted molar refractivity (Wildman–Crippen MR) is 84.7 cm³/mol. The van der Waals surface area contributed by atoms with Gasteiger partial charge in [-0.25, -0.2) is 0 Å². The van der Waals surface area contributed by atoms with E-state index in [1.54, 1.807) is 0 Å². The van der Waals surface area contributed by atoms with Gasteiger partial charge in [0.2, 0.25) is 0 Å². The van der Waals surface area contributed by atoms with Gasteiger partial charge < -0.3 is 15.3 Å². The van der Waals surface area contributed by atoms with Gasteiger partial charge in [-0.15, -0.1) is 0 Å². The Morgan fingerprint density at radius 3 is 2.62 bits per heavy atom. The summed E-state index contributed by atoms with van der Waals surface area (Å²) in [5.74, 6) is 0.0952. The summed E-state index contributed by atoms with van der Waals surface area (Å²) in [6.07, 6.45) is 1.03. The van der Waals surface area contributed by atoms with Crippen molar-refractivity contribution in [2.75, 3.05) is 51.2 Å². The molecule has 0 unspecified atom stereocenters. The molecule has 0 aliphatic carbocycles. The highest BCUT2D eigenvalue weighted by molar-refractivity contribution is 5.99. The van der Waals surface area contributed by atoms with E-state index in [1.165, 1.54) is 0 Å². The van der Waals surface area contributed by atoms with Crippen LogP contribution in [0, 0.1) is 0 Å². The van der Waals surface area contributed by atoms with Crippen LogP contribution in [0.2, 0.25) is 0 Å². The highest BCUT2D eigenvalue weighted by atomic mass is 16.3. The molecule has 116 valence electrons. The first-order valence-corrected chi connectivity index (χ1v) is 7.71. The van der Waals surface area contributed by atoms with Crippen molar-refractivity contribution in [1.29, 1.82) is 0 Å². The maximum Gasteiger partial charge on any atom is 0.256 e. The van der Waals surface area contributed by atoms with Crippen molar-refractivity contribution in [2.24, 2.45) is 0 Å². The largest absolute Gasteiger partial charge is 0.395 e. The summed E-state index contributed by atoms with van der Waals surface area (Å²) in [6.45, 7) is 6.95. The number of rotatable bonds is 6. The zero-order valence-corrected chi connectivity index (χ0v) is 12.7. The lowest BCUT2D eigenvalue weighted by Crippen LogP contribution is -2.49. The minimum absolute atomic E-state index is 0.0952. The number of β-amino-alcohol motifs (C(OH)–C–C–N with tert-alkyl or cyclic N) is 1. The van der Waals surface area contributed by atoms with Gasteiger partial charge in [-0.05, 0) is 18.6 Å². The first-order valence-electron chi connectivity index (χ1n) is 7.71. The zero-order valence-electron chi connectivity index (χ0n) is 12.7. The van der Waals surface area contributed by atoms with Gasteiger partial charge in [0.25, 0.3) is 5.91 Å². The van der Waals surface area contributed by atoms with Crippen molar-refractivity contribution in [3.63, 3.8) is 0 Å². The topological polar surface area (TPSA) is 55.8 Å². The number of aliphatic hydroxyl groups excluding tert-OH is 1. The average Bonchev–Trinajstić information content (AvgIpc) is 2.53. The number of para-hydroxylation sites is 1. The third-order valence-corrected chi connectivity index (χ3v) is 3.80. The molecule has 5 heteroatoms. The second-order valence-electron chi connectivity index (χ2n) is 5.33. The first kappa shape index (κ1) is 15.8. The molecular formula is C16H25N3O2. The van der Waals surface area contributed by atoms with Crippen LogP contribution in [0.25, 0.3) is 0 Å². The molecule has 1 heterocycles. The molecule has 1 aliphatic heterocycles. The number of hydrogen-bond donors (Lipinski definition) is 2. The Bertz CT molecular complexity index is 457. The van der Waals surface area contributed by atoms with Gasteiger partial charge in [0.15, 0.2) is 0 Å². The predicted octanol–water partition coefficient (Wildman–Crippen LogP) is 1.26. The number of amides is 1. The summed E-state index contributed by atoms with van der Waals surface area (Å²) < 4.78 is 0. The molecule has 0 aromatic heterocycles. The van der Waals surface area contributed by atoms with E-state index in [2.05, 4.69) is 17.1 Å². The number of hydrogen-bond acceptors (Lipinski definition) is 4. The molecule has 1 saturated heterocycles. The lowest BCUT2D eigenvalue weighted by atomic mass is 10.1. The van der Waals surface area contributed by atoms with Gasteiger partial charge in [-0.3, -0.25) is 9.69 Å². The van der Waals surface area contributed by atoms with Gasteiger partial charge >= 0.3 is 0 Å². The van der Waals surface area contributed by atoms with E-state index >= 15 is 0 Å². The number of benzene rings is 1. The van der Waals surface area contributed by atoms with Crippen molar-refractivity contribution in [2.45, 2.75) is 13.3 Å². The summed E-state index contributed by atoms with van der Waals surface area (Å²) in [7, 11) is 0. The fraction of sp³-hybridized carbons (Fsp3) is 0.562. The molecule has 1 aromatic rings. The molecule has 1 fully saturated rings. The normalized spacial score (nSPS) is 16.0. The van der Waals surface area contributed by atoms with Gasteiger partial charge in [0.05, 0.1) is 12.2 Å². The Kier molecular flexibility index (Phi) is 6.02. The van der Waals surface area contributed by atoms with E-state index in [0.717, 1.165) is 50.4 Å². The van der Waals surface area contributed by atoms with Crippen LogP contribution < -0.4 is 5.32 Å². The van der Waals surface area contributed by atoms with Crippen molar-refractivity contribution in [3.8, 4) is 0 Å². The average molecular weight is 291 g/mol. The van der Waals surface area contributed by atoms with Gasteiger partial charge in [0.1, 0.15) is 0 Å². The Morgan fingerprint density at radius 2 is 1.95 bits per heavy atom. The highest BCUT2D eigenvalue weighted by Gasteiger charge is 2.23. The lowest BCUT2D eigenvalue weighted by Gasteiger charge is -2.34. The van der Waals surface area contributed by atoms with Crippen LogP contribution in [0.15, 0.2) is 24.3 Å². The minimum atomic E-state index is 0.0952. The van der Waals surface area contributed by atoms with Crippen molar-refractivity contribution in [1.82, 2.24) is 9.80 Å². The molecular weight excluding hydrogens is 266 g/mol. The van der Waals surface area contributed by atoms with Crippen molar-refractivity contribution < 1.29 is 9.90 Å². The first-order chi connectivity index (χ1) is 10.3. The SMILES string of the molecule is CCCNc1ccccc1C(=O)N1CCN(CCO)CC1. The molecule has 0 atom stereocenters. The van der Waals surface area contributed by atoms with Crippen molar-refractivity contribution >= 4 is 11.6 Å². The fourth-order valence-corrected chi connectivity index (χ4v) is 2.57. The summed E-state index contributed by atoms with van der Waals surface area (Å²) >= 11 is 0. The molecule has 1 aromatic carbocycles. The maximum absolute atomic E-state index is 12.7. The Morgan fingerprint density at radius 1 is 1.24 bits per heavy atom. The standard InChI is InChI=1S/C16H25N3O2/c1-2-7-17-15-6-4-3-5-14(15)16(21)19-10-8-18(9-11-19)12-13-20/h3-6,17,20H,2,7-13H2,1H3. The Labute approximate surface area is 126 Å². The molecule has 1 amide bonds. The second kappa shape index (κ2) is 8.00. The molecule has 0 saturated carbocycles. The Balaban J connectivity index is 2.00. The summed E-state index contributed by atoms with van der Waals surface area (Å²) in [5, 5.41) is 12.3. The van der Waals surface area contributed by atoms with E-state index in [1.807, 2.05) is 29.2 Å². The maximum atomic E-state index is 12.7. The molecule has 21 heavy (non-hydrogen) atoms. The molecule has 0 spiro atoms. The summed E-state index contributed by atoms with van der Waals surface area (Å²) in [6, 6.07) is 7.71. The molecule has 2 N–H and O–H groups in total. The van der Waals surface area contributed by atoms with E-state index in [4.69, 9.17) is 5.11 Å². The zero-order chi connectivity index (χ0) is 15.1. The van der Waals surface area contributed by atoms with Crippen LogP contribution >= 0.6 is 0 Å². The monoisotopic (exact) mass is 291 g/mol. The molecule has 5 nitrogen and oxygen atoms in total. The summed E-state index contributed by atoms with van der Waals surface area (Å²) in [4.78, 5) is 16.8. The number of nitrogens with one attached hydrogen (secondary N) is 1. The second-order valence-corrected chi connectivity index (χ2v) is 5.33. The number of carbonyl (C=O) groups is 1. The van der Waals surface area contributed by atoms with E-state index in [0.29, 0.717) is 6.54 Å². The summed E-state index contributed by atoms with van der Waals surface area (Å²) in [5.41, 5.74) is 1.67. The third-order valence-electron chi connectivity index (χ3n) is 3.80. The van der Waals surface area contributed by atoms with Crippen LogP contribution in [-0.2, 0) is 0 Å². The van der Waals surface area contributed by atoms with E-state index in [9.17, 15) is 4.79 Å². The van der Waals surface area contributed by atoms with Crippen LogP contribution in [0.4, 0.5) is 5.69 Å². The molecule has 1 aliphatic rings. The van der Waals surface area contributed by atoms with Gasteiger partial charge in [-0.1, -0.05) is 19.1 Å². The van der Waals surface area contributed by atoms with Crippen LogP contribution in [0.1, 0.15) is 23.7 Å². The number of carbonyl (C=O) groups excluding carboxylic acids is 1. The van der Waals surface area contributed by atoms with Crippen LogP contribution in [-0.4, -0.2) is 66.7 Å². The lowest BCUT2D eigenvalue weighted by molar-refractivity contribution is 0.0616. The van der Waals surface area contributed by atoms with E-state index < -0.39 is 0 Å². The number of anilines is 1. The third kappa shape index (κ3) is 4.19. The quantitative estimate of drug-likeness (QED) is 0.828. The molecule has 0 bridgehead atoms. The number of piperazine rings is 1. The van der Waals surface area contributed by atoms with Crippen molar-refractivity contribution in [3.05, 3.63) is 29.8 Å². The van der Waals surface area contributed by atoms with Gasteiger partial charge in [-0.2, -0.15) is 0 Å². The Hall–Kier alpha value is -1.59. The minimum Gasteiger partial charge on any atom is -0.395 e. The smallest absolute Gasteiger partial charge is 0.256 e. The van der Waals surface area contributed by atoms with Crippen LogP contribution in [0.3, 0.4) is 0 Å². The van der Waals surface area contributed by atoms with E-state index in [-0.39, 0.29) is 12.5 Å². The molecule has 2 rings (SSSR count). The highest BCUT2D eigenvalue weighted by Crippen LogP contribution is 2.18. The number of nitrogens with zero attached hydrogens (tertiary/aromatic N) is 2.